The fraction of sp³-hybridized carbons (Fsp3) is 0.778. The summed E-state index contributed by atoms with van der Waals surface area (Å²) in [6.45, 7) is 6.17. The van der Waals surface area contributed by atoms with Crippen LogP contribution in [0.4, 0.5) is 0 Å². The molecule has 1 N–H and O–H groups in total. The van der Waals surface area contributed by atoms with Crippen LogP contribution in [-0.4, -0.2) is 17.7 Å². The van der Waals surface area contributed by atoms with Gasteiger partial charge in [-0.3, -0.25) is 4.57 Å². The quantitative estimate of drug-likeness (QED) is 0.537. The fourth-order valence-corrected chi connectivity index (χ4v) is 1.85. The molecule has 0 rings (SSSR count). The Bertz CT molecular complexity index is 199. The van der Waals surface area contributed by atoms with Gasteiger partial charge in [0.2, 0.25) is 0 Å². The molecule has 0 bridgehead atoms. The van der Waals surface area contributed by atoms with Gasteiger partial charge in [0.1, 0.15) is 0 Å². The molecule has 0 aromatic heterocycles. The maximum atomic E-state index is 11.2. The van der Waals surface area contributed by atoms with Crippen molar-refractivity contribution in [3.05, 3.63) is 12.2 Å². The van der Waals surface area contributed by atoms with Crippen molar-refractivity contribution in [3.8, 4) is 0 Å². The summed E-state index contributed by atoms with van der Waals surface area (Å²) in [5.74, 6) is 0.452. The molecular formula is C9H19O3P. The highest BCUT2D eigenvalue weighted by molar-refractivity contribution is 7.52. The summed E-state index contributed by atoms with van der Waals surface area (Å²) in [7, 11) is -3.30. The molecule has 0 aromatic rings. The van der Waals surface area contributed by atoms with E-state index in [1.165, 1.54) is 0 Å². The molecule has 0 spiro atoms. The Morgan fingerprint density at radius 1 is 1.54 bits per heavy atom. The summed E-state index contributed by atoms with van der Waals surface area (Å²) in [5.41, 5.74) is 0. The van der Waals surface area contributed by atoms with Crippen molar-refractivity contribution in [1.29, 1.82) is 0 Å². The average molecular weight is 206 g/mol. The zero-order valence-electron chi connectivity index (χ0n) is 8.56. The molecule has 1 atom stereocenters. The zero-order valence-corrected chi connectivity index (χ0v) is 9.46. The second kappa shape index (κ2) is 6.36. The highest BCUT2D eigenvalue weighted by atomic mass is 31.2. The Morgan fingerprint density at radius 2 is 2.15 bits per heavy atom. The summed E-state index contributed by atoms with van der Waals surface area (Å²) < 4.78 is 16.0. The monoisotopic (exact) mass is 206 g/mol. The van der Waals surface area contributed by atoms with Crippen molar-refractivity contribution in [2.45, 2.75) is 27.2 Å². The van der Waals surface area contributed by atoms with Crippen LogP contribution < -0.4 is 0 Å². The number of rotatable bonds is 6. The lowest BCUT2D eigenvalue weighted by molar-refractivity contribution is 0.286. The summed E-state index contributed by atoms with van der Waals surface area (Å²) in [6.07, 6.45) is 4.64. The average Bonchev–Trinajstić information content (AvgIpc) is 1.98. The lowest BCUT2D eigenvalue weighted by Crippen LogP contribution is -1.94. The van der Waals surface area contributed by atoms with Gasteiger partial charge in [0.05, 0.1) is 6.61 Å². The van der Waals surface area contributed by atoms with Gasteiger partial charge in [-0.2, -0.15) is 0 Å². The van der Waals surface area contributed by atoms with Crippen LogP contribution in [0.2, 0.25) is 0 Å². The molecule has 13 heavy (non-hydrogen) atoms. The van der Waals surface area contributed by atoms with Crippen molar-refractivity contribution in [3.63, 3.8) is 0 Å². The van der Waals surface area contributed by atoms with Gasteiger partial charge in [-0.05, 0) is 12.3 Å². The molecule has 0 amide bonds. The van der Waals surface area contributed by atoms with Gasteiger partial charge in [0, 0.05) is 6.16 Å². The van der Waals surface area contributed by atoms with Gasteiger partial charge < -0.3 is 9.42 Å². The van der Waals surface area contributed by atoms with E-state index in [9.17, 15) is 9.46 Å². The predicted octanol–water partition coefficient (Wildman–Crippen LogP) is 2.81. The molecule has 0 aliphatic carbocycles. The molecule has 0 fully saturated rings. The Morgan fingerprint density at radius 3 is 2.62 bits per heavy atom. The van der Waals surface area contributed by atoms with Gasteiger partial charge in [-0.1, -0.05) is 32.9 Å². The first-order valence-corrected chi connectivity index (χ1v) is 6.37. The first-order valence-electron chi connectivity index (χ1n) is 4.61. The van der Waals surface area contributed by atoms with E-state index >= 15 is 0 Å². The summed E-state index contributed by atoms with van der Waals surface area (Å²) in [4.78, 5) is 9.18. The summed E-state index contributed by atoms with van der Waals surface area (Å²) >= 11 is 0. The number of hydrogen-bond acceptors (Lipinski definition) is 2. The van der Waals surface area contributed by atoms with Gasteiger partial charge >= 0.3 is 7.60 Å². The zero-order chi connectivity index (χ0) is 10.3. The van der Waals surface area contributed by atoms with Crippen molar-refractivity contribution in [2.24, 2.45) is 5.92 Å². The van der Waals surface area contributed by atoms with Crippen molar-refractivity contribution in [1.82, 2.24) is 0 Å². The molecule has 78 valence electrons. The SMILES string of the molecule is CCCP(=O)(O)OCC=CC(C)C. The molecule has 4 heteroatoms. The number of hydrogen-bond donors (Lipinski definition) is 1. The molecule has 3 nitrogen and oxygen atoms in total. The normalized spacial score (nSPS) is 16.7. The molecule has 0 radical (unpaired) electrons. The molecule has 0 saturated carbocycles. The van der Waals surface area contributed by atoms with Gasteiger partial charge in [-0.25, -0.2) is 0 Å². The maximum Gasteiger partial charge on any atom is 0.328 e. The van der Waals surface area contributed by atoms with Crippen LogP contribution >= 0.6 is 7.60 Å². The molecule has 0 saturated heterocycles. The Kier molecular flexibility index (Phi) is 6.31. The smallest absolute Gasteiger partial charge is 0.324 e. The Balaban J connectivity index is 3.69. The van der Waals surface area contributed by atoms with E-state index in [0.717, 1.165) is 0 Å². The van der Waals surface area contributed by atoms with E-state index in [2.05, 4.69) is 0 Å². The van der Waals surface area contributed by atoms with Crippen LogP contribution in [0.1, 0.15) is 27.2 Å². The van der Waals surface area contributed by atoms with Crippen LogP contribution in [0.15, 0.2) is 12.2 Å². The van der Waals surface area contributed by atoms with Crippen LogP contribution in [0, 0.1) is 5.92 Å². The fourth-order valence-electron chi connectivity index (χ4n) is 0.834. The lowest BCUT2D eigenvalue weighted by atomic mass is 10.2. The summed E-state index contributed by atoms with van der Waals surface area (Å²) in [6, 6.07) is 0. The molecular weight excluding hydrogens is 187 g/mol. The van der Waals surface area contributed by atoms with Crippen molar-refractivity contribution >= 4 is 7.60 Å². The largest absolute Gasteiger partial charge is 0.328 e. The van der Waals surface area contributed by atoms with Crippen LogP contribution in [0.5, 0.6) is 0 Å². The van der Waals surface area contributed by atoms with E-state index in [1.807, 2.05) is 26.8 Å². The highest BCUT2D eigenvalue weighted by Crippen LogP contribution is 2.42. The highest BCUT2D eigenvalue weighted by Gasteiger charge is 2.15. The van der Waals surface area contributed by atoms with Crippen LogP contribution in [0.25, 0.3) is 0 Å². The molecule has 0 heterocycles. The minimum Gasteiger partial charge on any atom is -0.324 e. The third-order valence-corrected chi connectivity index (χ3v) is 2.96. The molecule has 0 aliphatic rings. The number of allylic oxidation sites excluding steroid dienone is 1. The van der Waals surface area contributed by atoms with E-state index in [1.54, 1.807) is 6.08 Å². The van der Waals surface area contributed by atoms with E-state index in [0.29, 0.717) is 12.3 Å². The second-order valence-corrected chi connectivity index (χ2v) is 5.31. The Labute approximate surface area is 80.3 Å². The van der Waals surface area contributed by atoms with Gasteiger partial charge in [0.15, 0.2) is 0 Å². The van der Waals surface area contributed by atoms with Gasteiger partial charge in [-0.15, -0.1) is 0 Å². The van der Waals surface area contributed by atoms with E-state index < -0.39 is 7.60 Å². The maximum absolute atomic E-state index is 11.2. The third-order valence-electron chi connectivity index (χ3n) is 1.40. The van der Waals surface area contributed by atoms with Crippen LogP contribution in [0.3, 0.4) is 0 Å². The first kappa shape index (κ1) is 12.9. The third kappa shape index (κ3) is 8.23. The standard InChI is InChI=1S/C9H19O3P/c1-4-8-13(10,11)12-7-5-6-9(2)3/h5-6,9H,4,7-8H2,1-3H3,(H,10,11). The molecule has 0 aliphatic heterocycles. The predicted molar refractivity (Wildman–Crippen MR) is 54.9 cm³/mol. The molecule has 1 unspecified atom stereocenters. The first-order chi connectivity index (χ1) is 5.98. The summed E-state index contributed by atoms with van der Waals surface area (Å²) in [5, 5.41) is 0. The van der Waals surface area contributed by atoms with Gasteiger partial charge in [0.25, 0.3) is 0 Å². The van der Waals surface area contributed by atoms with E-state index in [-0.39, 0.29) is 12.8 Å². The lowest BCUT2D eigenvalue weighted by Gasteiger charge is -2.08. The Hall–Kier alpha value is -0.110. The minimum absolute atomic E-state index is 0.228. The molecule has 0 aromatic carbocycles. The van der Waals surface area contributed by atoms with Crippen molar-refractivity contribution in [2.75, 3.05) is 12.8 Å². The topological polar surface area (TPSA) is 46.5 Å². The van der Waals surface area contributed by atoms with E-state index in [4.69, 9.17) is 4.52 Å². The minimum atomic E-state index is -3.30. The second-order valence-electron chi connectivity index (χ2n) is 3.33. The van der Waals surface area contributed by atoms with Crippen LogP contribution in [-0.2, 0) is 9.09 Å². The van der Waals surface area contributed by atoms with Crippen molar-refractivity contribution < 1.29 is 14.0 Å².